The second-order valence-corrected chi connectivity index (χ2v) is 7.99. The van der Waals surface area contributed by atoms with Crippen LogP contribution in [0.25, 0.3) is 22.6 Å². The first kappa shape index (κ1) is 20.7. The molecule has 0 aliphatic heterocycles. The van der Waals surface area contributed by atoms with E-state index in [1.165, 1.54) is 5.56 Å². The van der Waals surface area contributed by atoms with Crippen LogP contribution in [-0.4, -0.2) is 17.1 Å². The van der Waals surface area contributed by atoms with Gasteiger partial charge in [0.05, 0.1) is 30.6 Å². The second-order valence-electron chi connectivity index (χ2n) is 7.08. The molecule has 0 aliphatic rings. The van der Waals surface area contributed by atoms with E-state index >= 15 is 0 Å². The van der Waals surface area contributed by atoms with E-state index in [4.69, 9.17) is 9.47 Å². The van der Waals surface area contributed by atoms with Crippen molar-refractivity contribution in [3.63, 3.8) is 0 Å². The minimum Gasteiger partial charge on any atom is -0.496 e. The molecule has 0 unspecified atom stereocenters. The lowest BCUT2D eigenvalue weighted by Crippen LogP contribution is -1.99. The predicted molar refractivity (Wildman–Crippen MR) is 124 cm³/mol. The van der Waals surface area contributed by atoms with Crippen LogP contribution in [0.5, 0.6) is 11.5 Å². The first-order chi connectivity index (χ1) is 15.1. The first-order valence-corrected chi connectivity index (χ1v) is 10.5. The number of hydrogen-bond donors (Lipinski definition) is 1. The molecule has 4 aromatic rings. The number of imidazole rings is 1. The van der Waals surface area contributed by atoms with E-state index in [1.54, 1.807) is 19.4 Å². The molecule has 1 heterocycles. The quantitative estimate of drug-likeness (QED) is 0.357. The van der Waals surface area contributed by atoms with Crippen LogP contribution >= 0.6 is 15.9 Å². The number of nitrogens with zero attached hydrogens (tertiary/aromatic N) is 2. The Labute approximate surface area is 189 Å². The topological polar surface area (TPSA) is 70.9 Å². The van der Waals surface area contributed by atoms with Gasteiger partial charge in [-0.1, -0.05) is 51.8 Å². The Morgan fingerprint density at radius 3 is 2.61 bits per heavy atom. The number of H-pyrrole nitrogens is 1. The molecule has 3 aromatic carbocycles. The van der Waals surface area contributed by atoms with Crippen molar-refractivity contribution in [2.75, 3.05) is 7.11 Å². The third kappa shape index (κ3) is 4.62. The molecular weight excluding hydrogens is 454 g/mol. The summed E-state index contributed by atoms with van der Waals surface area (Å²) in [6, 6.07) is 21.6. The van der Waals surface area contributed by atoms with Crippen molar-refractivity contribution in [3.05, 3.63) is 88.0 Å². The maximum absolute atomic E-state index is 9.33. The highest BCUT2D eigenvalue weighted by Gasteiger charge is 2.12. The minimum absolute atomic E-state index is 0.292. The summed E-state index contributed by atoms with van der Waals surface area (Å²) in [6.45, 7) is 2.35. The van der Waals surface area contributed by atoms with Gasteiger partial charge in [0, 0.05) is 27.2 Å². The minimum atomic E-state index is 0.292. The van der Waals surface area contributed by atoms with Crippen LogP contribution < -0.4 is 9.47 Å². The summed E-state index contributed by atoms with van der Waals surface area (Å²) in [6.07, 6.45) is 1.80. The van der Waals surface area contributed by atoms with Crippen molar-refractivity contribution >= 4 is 15.9 Å². The van der Waals surface area contributed by atoms with Gasteiger partial charge in [0.1, 0.15) is 23.9 Å². The van der Waals surface area contributed by atoms with Gasteiger partial charge in [0.15, 0.2) is 0 Å². The fourth-order valence-electron chi connectivity index (χ4n) is 3.24. The van der Waals surface area contributed by atoms with Crippen LogP contribution in [0, 0.1) is 18.3 Å². The molecule has 6 heteroatoms. The zero-order valence-electron chi connectivity index (χ0n) is 17.1. The summed E-state index contributed by atoms with van der Waals surface area (Å²) in [4.78, 5) is 7.88. The molecule has 5 nitrogen and oxygen atoms in total. The van der Waals surface area contributed by atoms with E-state index in [-0.39, 0.29) is 0 Å². The number of ether oxygens (including phenoxy) is 2. The maximum Gasteiger partial charge on any atom is 0.137 e. The van der Waals surface area contributed by atoms with Gasteiger partial charge in [-0.05, 0) is 31.2 Å². The van der Waals surface area contributed by atoms with Crippen LogP contribution in [0.1, 0.15) is 16.7 Å². The predicted octanol–water partition coefficient (Wildman–Crippen LogP) is 6.27. The standard InChI is InChI=1S/C25H20BrN3O2/c1-16-3-5-17(6-4-16)25-28-14-23(29-25)22-10-9-21(12-24(22)30-2)31-15-18-7-8-20(26)11-19(18)13-27/h3-12,14H,15H2,1-2H3,(H,28,29). The average Bonchev–Trinajstić information content (AvgIpc) is 3.28. The Bertz CT molecular complexity index is 1260. The van der Waals surface area contributed by atoms with Crippen LogP contribution in [0.4, 0.5) is 0 Å². The molecule has 0 saturated carbocycles. The Morgan fingerprint density at radius 2 is 1.87 bits per heavy atom. The van der Waals surface area contributed by atoms with Crippen molar-refractivity contribution in [1.82, 2.24) is 9.97 Å². The number of aromatic nitrogens is 2. The number of aryl methyl sites for hydroxylation is 1. The third-order valence-corrected chi connectivity index (χ3v) is 5.44. The number of methoxy groups -OCH3 is 1. The van der Waals surface area contributed by atoms with Gasteiger partial charge >= 0.3 is 0 Å². The molecule has 4 rings (SSSR count). The number of halogens is 1. The first-order valence-electron chi connectivity index (χ1n) is 9.69. The summed E-state index contributed by atoms with van der Waals surface area (Å²) in [5, 5.41) is 9.33. The van der Waals surface area contributed by atoms with Gasteiger partial charge in [-0.3, -0.25) is 0 Å². The Kier molecular flexibility index (Phi) is 6.06. The van der Waals surface area contributed by atoms with E-state index in [2.05, 4.69) is 51.0 Å². The highest BCUT2D eigenvalue weighted by molar-refractivity contribution is 9.10. The SMILES string of the molecule is COc1cc(OCc2ccc(Br)cc2C#N)ccc1-c1cnc(-c2ccc(C)cc2)[nH]1. The molecule has 0 saturated heterocycles. The number of nitriles is 1. The Balaban J connectivity index is 1.55. The maximum atomic E-state index is 9.33. The van der Waals surface area contributed by atoms with Crippen molar-refractivity contribution in [2.45, 2.75) is 13.5 Å². The van der Waals surface area contributed by atoms with Gasteiger partial charge in [0.2, 0.25) is 0 Å². The average molecular weight is 474 g/mol. The lowest BCUT2D eigenvalue weighted by Gasteiger charge is -2.12. The molecule has 0 atom stereocenters. The van der Waals surface area contributed by atoms with E-state index < -0.39 is 0 Å². The van der Waals surface area contributed by atoms with Crippen molar-refractivity contribution in [1.29, 1.82) is 5.26 Å². The summed E-state index contributed by atoms with van der Waals surface area (Å²) in [5.41, 5.74) is 5.39. The van der Waals surface area contributed by atoms with E-state index in [0.717, 1.165) is 32.7 Å². The van der Waals surface area contributed by atoms with Gasteiger partial charge in [-0.15, -0.1) is 0 Å². The summed E-state index contributed by atoms with van der Waals surface area (Å²) in [7, 11) is 1.63. The van der Waals surface area contributed by atoms with Crippen LogP contribution in [0.2, 0.25) is 0 Å². The molecule has 0 radical (unpaired) electrons. The number of rotatable bonds is 6. The lowest BCUT2D eigenvalue weighted by molar-refractivity contribution is 0.303. The largest absolute Gasteiger partial charge is 0.496 e. The van der Waals surface area contributed by atoms with Gasteiger partial charge in [-0.25, -0.2) is 4.98 Å². The van der Waals surface area contributed by atoms with E-state index in [1.807, 2.05) is 42.5 Å². The monoisotopic (exact) mass is 473 g/mol. The van der Waals surface area contributed by atoms with Crippen LogP contribution in [-0.2, 0) is 6.61 Å². The molecule has 1 aromatic heterocycles. The molecule has 0 fully saturated rings. The molecule has 0 aliphatic carbocycles. The smallest absolute Gasteiger partial charge is 0.137 e. The van der Waals surface area contributed by atoms with E-state index in [9.17, 15) is 5.26 Å². The molecule has 0 bridgehead atoms. The fourth-order valence-corrected chi connectivity index (χ4v) is 3.60. The second kappa shape index (κ2) is 9.07. The van der Waals surface area contributed by atoms with Crippen LogP contribution in [0.3, 0.4) is 0 Å². The molecule has 0 amide bonds. The van der Waals surface area contributed by atoms with Gasteiger partial charge < -0.3 is 14.5 Å². The Morgan fingerprint density at radius 1 is 1.06 bits per heavy atom. The van der Waals surface area contributed by atoms with Gasteiger partial charge in [-0.2, -0.15) is 5.26 Å². The number of benzene rings is 3. The summed E-state index contributed by atoms with van der Waals surface area (Å²) >= 11 is 3.39. The lowest BCUT2D eigenvalue weighted by atomic mass is 10.1. The molecule has 0 spiro atoms. The van der Waals surface area contributed by atoms with Gasteiger partial charge in [0.25, 0.3) is 0 Å². The van der Waals surface area contributed by atoms with Crippen molar-refractivity contribution < 1.29 is 9.47 Å². The summed E-state index contributed by atoms with van der Waals surface area (Å²) in [5.74, 6) is 2.13. The van der Waals surface area contributed by atoms with Crippen molar-refractivity contribution in [3.8, 4) is 40.2 Å². The zero-order chi connectivity index (χ0) is 21.8. The van der Waals surface area contributed by atoms with Crippen LogP contribution in [0.15, 0.2) is 71.3 Å². The number of nitrogens with one attached hydrogen (secondary N) is 1. The molecular formula is C25H20BrN3O2. The molecule has 1 N–H and O–H groups in total. The molecule has 154 valence electrons. The summed E-state index contributed by atoms with van der Waals surface area (Å²) < 4.78 is 12.4. The van der Waals surface area contributed by atoms with Crippen molar-refractivity contribution in [2.24, 2.45) is 0 Å². The Hall–Kier alpha value is -3.56. The molecule has 31 heavy (non-hydrogen) atoms. The fraction of sp³-hybridized carbons (Fsp3) is 0.120. The van der Waals surface area contributed by atoms with E-state index in [0.29, 0.717) is 23.7 Å². The zero-order valence-corrected chi connectivity index (χ0v) is 18.7. The number of aromatic amines is 1. The number of hydrogen-bond acceptors (Lipinski definition) is 4. The highest BCUT2D eigenvalue weighted by atomic mass is 79.9. The third-order valence-electron chi connectivity index (χ3n) is 4.95. The highest BCUT2D eigenvalue weighted by Crippen LogP contribution is 2.34. The normalized spacial score (nSPS) is 10.5.